The molecule has 0 radical (unpaired) electrons. The summed E-state index contributed by atoms with van der Waals surface area (Å²) >= 11 is 1.55. The number of hydrogen-bond donors (Lipinski definition) is 1. The Hall–Kier alpha value is -2.34. The SMILES string of the molecule is Cc1ncc(/C=C/C(=O)NC(C)c2ccc3c(c2)OCCO3)s1. The summed E-state index contributed by atoms with van der Waals surface area (Å²) in [6, 6.07) is 5.61. The first-order valence-electron chi connectivity index (χ1n) is 7.42. The fraction of sp³-hybridized carbons (Fsp3) is 0.294. The number of nitrogens with zero attached hydrogens (tertiary/aromatic N) is 1. The van der Waals surface area contributed by atoms with Crippen molar-refractivity contribution in [3.8, 4) is 11.5 Å². The van der Waals surface area contributed by atoms with E-state index >= 15 is 0 Å². The van der Waals surface area contributed by atoms with E-state index in [2.05, 4.69) is 10.3 Å². The number of nitrogens with one attached hydrogen (secondary N) is 1. The highest BCUT2D eigenvalue weighted by molar-refractivity contribution is 7.12. The van der Waals surface area contributed by atoms with Crippen molar-refractivity contribution in [1.82, 2.24) is 10.3 Å². The van der Waals surface area contributed by atoms with E-state index in [1.165, 1.54) is 6.08 Å². The van der Waals surface area contributed by atoms with Crippen LogP contribution in [-0.2, 0) is 4.79 Å². The summed E-state index contributed by atoms with van der Waals surface area (Å²) in [4.78, 5) is 17.1. The molecule has 0 saturated carbocycles. The Labute approximate surface area is 139 Å². The number of aryl methyl sites for hydroxylation is 1. The van der Waals surface area contributed by atoms with Crippen molar-refractivity contribution in [1.29, 1.82) is 0 Å². The van der Waals surface area contributed by atoms with Gasteiger partial charge >= 0.3 is 0 Å². The Morgan fingerprint density at radius 2 is 2.13 bits per heavy atom. The van der Waals surface area contributed by atoms with Crippen molar-refractivity contribution in [2.45, 2.75) is 19.9 Å². The van der Waals surface area contributed by atoms with Gasteiger partial charge in [0.2, 0.25) is 5.91 Å². The maximum atomic E-state index is 12.0. The molecule has 2 aromatic rings. The van der Waals surface area contributed by atoms with Gasteiger partial charge in [0.15, 0.2) is 11.5 Å². The lowest BCUT2D eigenvalue weighted by Crippen LogP contribution is -2.25. The van der Waals surface area contributed by atoms with Crippen molar-refractivity contribution in [3.05, 3.63) is 45.9 Å². The maximum Gasteiger partial charge on any atom is 0.244 e. The number of rotatable bonds is 4. The molecule has 0 fully saturated rings. The van der Waals surface area contributed by atoms with E-state index in [0.717, 1.165) is 26.9 Å². The van der Waals surface area contributed by atoms with Gasteiger partial charge in [0.1, 0.15) is 13.2 Å². The molecular weight excluding hydrogens is 312 g/mol. The van der Waals surface area contributed by atoms with Crippen LogP contribution >= 0.6 is 11.3 Å². The molecule has 1 atom stereocenters. The topological polar surface area (TPSA) is 60.5 Å². The number of amides is 1. The third kappa shape index (κ3) is 3.90. The fourth-order valence-corrected chi connectivity index (χ4v) is 2.97. The van der Waals surface area contributed by atoms with Gasteiger partial charge in [0, 0.05) is 17.2 Å². The first kappa shape index (κ1) is 15.6. The molecule has 2 heterocycles. The fourth-order valence-electron chi connectivity index (χ4n) is 2.29. The number of ether oxygens (including phenoxy) is 2. The van der Waals surface area contributed by atoms with Gasteiger partial charge < -0.3 is 14.8 Å². The van der Waals surface area contributed by atoms with Crippen LogP contribution in [0.4, 0.5) is 0 Å². The molecule has 0 aliphatic carbocycles. The monoisotopic (exact) mass is 330 g/mol. The minimum absolute atomic E-state index is 0.119. The van der Waals surface area contributed by atoms with Gasteiger partial charge in [0.25, 0.3) is 0 Å². The standard InChI is InChI=1S/C17H18N2O3S/c1-11(13-3-5-15-16(9-13)22-8-7-21-15)19-17(20)6-4-14-10-18-12(2)23-14/h3-6,9-11H,7-8H2,1-2H3,(H,19,20)/b6-4+. The number of benzene rings is 1. The summed E-state index contributed by atoms with van der Waals surface area (Å²) in [6.45, 7) is 4.99. The predicted octanol–water partition coefficient (Wildman–Crippen LogP) is 3.11. The Bertz CT molecular complexity index is 739. The molecule has 0 saturated heterocycles. The van der Waals surface area contributed by atoms with Gasteiger partial charge in [0.05, 0.1) is 11.0 Å². The quantitative estimate of drug-likeness (QED) is 0.875. The van der Waals surface area contributed by atoms with Gasteiger partial charge in [-0.2, -0.15) is 0 Å². The predicted molar refractivity (Wildman–Crippen MR) is 89.9 cm³/mol. The third-order valence-electron chi connectivity index (χ3n) is 3.46. The molecular formula is C17H18N2O3S. The van der Waals surface area contributed by atoms with E-state index < -0.39 is 0 Å². The second-order valence-electron chi connectivity index (χ2n) is 5.25. The van der Waals surface area contributed by atoms with E-state index in [1.807, 2.05) is 32.0 Å². The highest BCUT2D eigenvalue weighted by Crippen LogP contribution is 2.32. The molecule has 0 bridgehead atoms. The molecule has 1 aliphatic heterocycles. The number of carbonyl (C=O) groups is 1. The highest BCUT2D eigenvalue weighted by Gasteiger charge is 2.15. The van der Waals surface area contributed by atoms with Crippen LogP contribution in [0.25, 0.3) is 6.08 Å². The first-order chi connectivity index (χ1) is 11.1. The van der Waals surface area contributed by atoms with Crippen LogP contribution in [0, 0.1) is 6.92 Å². The van der Waals surface area contributed by atoms with E-state index in [4.69, 9.17) is 9.47 Å². The molecule has 6 heteroatoms. The average molecular weight is 330 g/mol. The maximum absolute atomic E-state index is 12.0. The molecule has 1 aliphatic rings. The van der Waals surface area contributed by atoms with Crippen LogP contribution in [0.5, 0.6) is 11.5 Å². The molecule has 1 aromatic heterocycles. The summed E-state index contributed by atoms with van der Waals surface area (Å²) in [5, 5.41) is 3.92. The van der Waals surface area contributed by atoms with Crippen molar-refractivity contribution in [2.24, 2.45) is 0 Å². The Kier molecular flexibility index (Phi) is 4.62. The molecule has 23 heavy (non-hydrogen) atoms. The summed E-state index contributed by atoms with van der Waals surface area (Å²) in [7, 11) is 0. The number of carbonyl (C=O) groups excluding carboxylic acids is 1. The zero-order chi connectivity index (χ0) is 16.2. The minimum atomic E-state index is -0.140. The smallest absolute Gasteiger partial charge is 0.244 e. The average Bonchev–Trinajstić information content (AvgIpc) is 2.98. The zero-order valence-electron chi connectivity index (χ0n) is 13.0. The minimum Gasteiger partial charge on any atom is -0.486 e. The third-order valence-corrected chi connectivity index (χ3v) is 4.34. The number of aromatic nitrogens is 1. The molecule has 120 valence electrons. The van der Waals surface area contributed by atoms with Crippen LogP contribution in [0.3, 0.4) is 0 Å². The highest BCUT2D eigenvalue weighted by atomic mass is 32.1. The number of thiazole rings is 1. The summed E-state index contributed by atoms with van der Waals surface area (Å²) in [6.07, 6.45) is 5.06. The lowest BCUT2D eigenvalue weighted by atomic mass is 10.1. The van der Waals surface area contributed by atoms with E-state index in [9.17, 15) is 4.79 Å². The second kappa shape index (κ2) is 6.83. The molecule has 1 aromatic carbocycles. The van der Waals surface area contributed by atoms with Crippen molar-refractivity contribution in [2.75, 3.05) is 13.2 Å². The van der Waals surface area contributed by atoms with Gasteiger partial charge in [-0.05, 0) is 37.6 Å². The lowest BCUT2D eigenvalue weighted by molar-refractivity contribution is -0.117. The summed E-state index contributed by atoms with van der Waals surface area (Å²) in [5.74, 6) is 1.34. The second-order valence-corrected chi connectivity index (χ2v) is 6.51. The van der Waals surface area contributed by atoms with E-state index in [1.54, 1.807) is 23.6 Å². The van der Waals surface area contributed by atoms with Crippen LogP contribution in [0.1, 0.15) is 28.4 Å². The van der Waals surface area contributed by atoms with Crippen molar-refractivity contribution < 1.29 is 14.3 Å². The van der Waals surface area contributed by atoms with Crippen molar-refractivity contribution in [3.63, 3.8) is 0 Å². The van der Waals surface area contributed by atoms with Gasteiger partial charge in [-0.1, -0.05) is 6.07 Å². The molecule has 1 unspecified atom stereocenters. The van der Waals surface area contributed by atoms with Gasteiger partial charge in [-0.15, -0.1) is 11.3 Å². The van der Waals surface area contributed by atoms with Gasteiger partial charge in [-0.25, -0.2) is 4.98 Å². The van der Waals surface area contributed by atoms with E-state index in [-0.39, 0.29) is 11.9 Å². The Morgan fingerprint density at radius 3 is 2.87 bits per heavy atom. The Morgan fingerprint density at radius 1 is 1.35 bits per heavy atom. The number of hydrogen-bond acceptors (Lipinski definition) is 5. The summed E-state index contributed by atoms with van der Waals surface area (Å²) < 4.78 is 11.1. The first-order valence-corrected chi connectivity index (χ1v) is 8.24. The van der Waals surface area contributed by atoms with Crippen LogP contribution in [-0.4, -0.2) is 24.1 Å². The molecule has 3 rings (SSSR count). The Balaban J connectivity index is 1.63. The lowest BCUT2D eigenvalue weighted by Gasteiger charge is -2.20. The molecule has 5 nitrogen and oxygen atoms in total. The van der Waals surface area contributed by atoms with Crippen LogP contribution < -0.4 is 14.8 Å². The van der Waals surface area contributed by atoms with Crippen LogP contribution in [0.15, 0.2) is 30.5 Å². The summed E-state index contributed by atoms with van der Waals surface area (Å²) in [5.41, 5.74) is 0.977. The largest absolute Gasteiger partial charge is 0.486 e. The zero-order valence-corrected chi connectivity index (χ0v) is 13.9. The van der Waals surface area contributed by atoms with Crippen LogP contribution in [0.2, 0.25) is 0 Å². The molecule has 1 amide bonds. The van der Waals surface area contributed by atoms with Crippen molar-refractivity contribution >= 4 is 23.3 Å². The van der Waals surface area contributed by atoms with E-state index in [0.29, 0.717) is 13.2 Å². The normalized spacial score (nSPS) is 14.7. The molecule has 1 N–H and O–H groups in total. The number of fused-ring (bicyclic) bond motifs is 1. The molecule has 0 spiro atoms. The van der Waals surface area contributed by atoms with Gasteiger partial charge in [-0.3, -0.25) is 4.79 Å².